The summed E-state index contributed by atoms with van der Waals surface area (Å²) < 4.78 is 28.7. The fourth-order valence-corrected chi connectivity index (χ4v) is 20.2. The number of nitrogens with one attached hydrogen (secondary N) is 7. The molecule has 0 aliphatic carbocycles. The Morgan fingerprint density at radius 3 is 1.21 bits per heavy atom. The van der Waals surface area contributed by atoms with E-state index in [1.165, 1.54) is 84.5 Å². The number of para-hydroxylation sites is 2. The number of thiophene rings is 4. The predicted molar refractivity (Wildman–Crippen MR) is 520 cm³/mol. The average Bonchev–Trinajstić information content (AvgIpc) is 1.62. The number of aromatic carboxylic acids is 1. The summed E-state index contributed by atoms with van der Waals surface area (Å²) in [5.41, 5.74) is 8.02. The summed E-state index contributed by atoms with van der Waals surface area (Å²) in [6.07, 6.45) is 6.00. The van der Waals surface area contributed by atoms with Crippen LogP contribution in [0, 0.1) is 6.92 Å². The molecule has 684 valence electrons. The molecule has 0 bridgehead atoms. The van der Waals surface area contributed by atoms with Crippen LogP contribution in [0.5, 0.6) is 23.0 Å². The number of rotatable bonds is 22. The molecule has 3 fully saturated rings. The van der Waals surface area contributed by atoms with Crippen LogP contribution < -0.4 is 71.2 Å². The fraction of sp³-hybridized carbons (Fsp3) is 0.204. The lowest BCUT2D eigenvalue weighted by molar-refractivity contribution is 0.0342. The Morgan fingerprint density at radius 1 is 0.422 bits per heavy atom. The van der Waals surface area contributed by atoms with Gasteiger partial charge in [-0.15, -0.1) is 45.3 Å². The standard InChI is InChI=1S/C26H23BrN6O3S.C26H24N6O4S.C23H19N5O4S.C18H15N5O4S/c1-15-2-7-18(12-19(15)27)33-23-20-21(31-26(33)35)22(37-25(20)29-14-28-23)24(34)30-17-5-3-16(4-6-17)13-32-8-10-36-11-9-32;33-24(27-10-11-31-12-14-35-15-13-31)22-21-20-23(28-16-29-25(20)37-22)32(26(34)30-21)17-6-8-19(9-7-17)36-18-4-2-1-3-5-18;29-12-4-11-24-21(30)19-18-17-20(25-13-26-22(17)33-19)28(23(31)27-18)14-7-9-16(10-8-14)32-15-5-2-1-3-6-15;24-17(25)14-13-12-15(19-9-20-16(12)28-14)23(18(26)21-13)11-3-1-10(2-4-11)22-5-7-27-8-6-22/h2-7,12,14H,8-11,13H2,1H3,(H,30,34)(H,31,35);1-9,16H,10-15H2,(H,27,33)(H,30,34);1-3,5-10,13,29H,4,11-12H2,(H,24,30)(H,27,31);1-4,9H,5-8H2,(H,21,26)(H,24,25). The number of anilines is 14. The number of morpholine rings is 3. The number of aliphatic hydroxyl groups is 1. The first-order valence-corrected chi connectivity index (χ1v) is 46.8. The summed E-state index contributed by atoms with van der Waals surface area (Å²) in [5.74, 6) is 2.40. The van der Waals surface area contributed by atoms with E-state index in [0.717, 1.165) is 98.4 Å². The van der Waals surface area contributed by atoms with Gasteiger partial charge in [0.2, 0.25) is 0 Å². The van der Waals surface area contributed by atoms with Crippen LogP contribution >= 0.6 is 61.3 Å². The van der Waals surface area contributed by atoms with E-state index in [1.54, 1.807) is 48.5 Å². The molecule has 22 rings (SSSR count). The molecule has 37 nitrogen and oxygen atoms in total. The number of carboxylic acid groups (broad SMARTS) is 1. The van der Waals surface area contributed by atoms with Gasteiger partial charge in [0.1, 0.15) is 87.1 Å². The minimum atomic E-state index is -1.10. The number of aliphatic hydroxyl groups excluding tert-OH is 1. The maximum absolute atomic E-state index is 13.3. The first-order valence-electron chi connectivity index (χ1n) is 42.7. The lowest BCUT2D eigenvalue weighted by atomic mass is 10.1. The number of amides is 11. The quantitative estimate of drug-likeness (QED) is 0.0285. The molecule has 0 radical (unpaired) electrons. The topological polar surface area (TPSA) is 433 Å². The van der Waals surface area contributed by atoms with Crippen LogP contribution in [-0.2, 0) is 20.8 Å². The van der Waals surface area contributed by atoms with E-state index in [9.17, 15) is 43.5 Å². The Balaban J connectivity index is 0.000000116. The first kappa shape index (κ1) is 89.5. The summed E-state index contributed by atoms with van der Waals surface area (Å²) in [4.78, 5) is 154. The van der Waals surface area contributed by atoms with Gasteiger partial charge in [-0.1, -0.05) is 70.5 Å². The number of aromatic nitrogens is 8. The summed E-state index contributed by atoms with van der Waals surface area (Å²) in [5, 5.41) is 40.8. The van der Waals surface area contributed by atoms with Gasteiger partial charge in [0.15, 0.2) is 23.3 Å². The van der Waals surface area contributed by atoms with Gasteiger partial charge in [-0.3, -0.25) is 24.2 Å². The zero-order valence-electron chi connectivity index (χ0n) is 71.7. The number of urea groups is 4. The Morgan fingerprint density at radius 2 is 0.785 bits per heavy atom. The smallest absolute Gasteiger partial charge is 0.348 e. The minimum Gasteiger partial charge on any atom is -0.477 e. The monoisotopic (exact) mass is 1950 g/mol. The van der Waals surface area contributed by atoms with Crippen molar-refractivity contribution >= 4 is 230 Å². The molecule has 11 amide bonds. The van der Waals surface area contributed by atoms with Crippen molar-refractivity contribution in [3.05, 3.63) is 236 Å². The van der Waals surface area contributed by atoms with Crippen LogP contribution in [0.15, 0.2) is 206 Å². The summed E-state index contributed by atoms with van der Waals surface area (Å²) in [6, 6.07) is 52.6. The number of nitrogens with zero attached hydrogens (tertiary/aromatic N) is 15. The molecule has 7 aliphatic heterocycles. The highest BCUT2D eigenvalue weighted by atomic mass is 79.9. The molecule has 15 aromatic rings. The maximum Gasteiger partial charge on any atom is 0.348 e. The summed E-state index contributed by atoms with van der Waals surface area (Å²) in [7, 11) is 0. The number of carbonyl (C=O) groups excluding carboxylic acids is 7. The van der Waals surface area contributed by atoms with Gasteiger partial charge in [0.25, 0.3) is 17.7 Å². The van der Waals surface area contributed by atoms with Gasteiger partial charge >= 0.3 is 30.1 Å². The van der Waals surface area contributed by atoms with E-state index >= 15 is 0 Å². The maximum atomic E-state index is 13.3. The van der Waals surface area contributed by atoms with E-state index in [1.807, 2.05) is 134 Å². The molecule has 0 spiro atoms. The highest BCUT2D eigenvalue weighted by molar-refractivity contribution is 9.10. The van der Waals surface area contributed by atoms with Crippen molar-refractivity contribution in [3.63, 3.8) is 0 Å². The van der Waals surface area contributed by atoms with E-state index < -0.39 is 24.1 Å². The molecule has 0 saturated carbocycles. The number of carboxylic acids is 1. The van der Waals surface area contributed by atoms with E-state index in [0.29, 0.717) is 187 Å². The van der Waals surface area contributed by atoms with Gasteiger partial charge < -0.3 is 76.0 Å². The molecule has 3 saturated heterocycles. The van der Waals surface area contributed by atoms with Crippen molar-refractivity contribution in [2.75, 3.05) is 156 Å². The molecule has 0 unspecified atom stereocenters. The highest BCUT2D eigenvalue weighted by Crippen LogP contribution is 2.50. The second-order valence-corrected chi connectivity index (χ2v) is 35.9. The van der Waals surface area contributed by atoms with E-state index in [-0.39, 0.29) is 40.9 Å². The van der Waals surface area contributed by atoms with E-state index in [4.69, 9.17) is 28.8 Å². The first-order chi connectivity index (χ1) is 65.9. The Labute approximate surface area is 792 Å². The second-order valence-electron chi connectivity index (χ2n) is 31.1. The number of aryl methyl sites for hydroxylation is 1. The molecule has 135 heavy (non-hydrogen) atoms. The highest BCUT2D eigenvalue weighted by Gasteiger charge is 2.40. The molecule has 7 aliphatic rings. The number of hydrogen-bond acceptors (Lipinski definition) is 29. The number of benzene rings is 7. The van der Waals surface area contributed by atoms with Gasteiger partial charge in [-0.25, -0.2) is 83.4 Å². The minimum absolute atomic E-state index is 0.0178. The van der Waals surface area contributed by atoms with Gasteiger partial charge in [-0.05, 0) is 146 Å². The molecule has 0 atom stereocenters. The Bertz CT molecular complexity index is 7030. The van der Waals surface area contributed by atoms with Crippen molar-refractivity contribution in [3.8, 4) is 23.0 Å². The van der Waals surface area contributed by atoms with Crippen molar-refractivity contribution in [1.29, 1.82) is 0 Å². The normalized spacial score (nSPS) is 15.0. The van der Waals surface area contributed by atoms with Gasteiger partial charge in [0.05, 0.1) is 107 Å². The van der Waals surface area contributed by atoms with Crippen molar-refractivity contribution in [2.24, 2.45) is 0 Å². The van der Waals surface area contributed by atoms with Gasteiger partial charge in [0, 0.05) is 87.9 Å². The van der Waals surface area contributed by atoms with Gasteiger partial charge in [-0.2, -0.15) is 0 Å². The molecular weight excluding hydrogens is 1870 g/mol. The third-order valence-corrected chi connectivity index (χ3v) is 27.7. The molecule has 7 aromatic carbocycles. The lowest BCUT2D eigenvalue weighted by Gasteiger charge is -2.30. The summed E-state index contributed by atoms with van der Waals surface area (Å²) >= 11 is 8.21. The lowest BCUT2D eigenvalue weighted by Crippen LogP contribution is -2.41. The third kappa shape index (κ3) is 19.1. The number of hydrogen-bond donors (Lipinski definition) is 9. The fourth-order valence-electron chi connectivity index (χ4n) is 15.9. The SMILES string of the molecule is Cc1ccc(N2C(=O)Nc3c(C(=O)Nc4ccc(CN5CCOCC5)cc4)sc4ncnc2c34)cc1Br.O=C(NCCCO)c1sc2ncnc3c2c1NC(=O)N3c1ccc(Oc2ccccc2)cc1.O=C(NCCN1CCOCC1)c1sc2ncnc3c2c1NC(=O)N3c1ccc(Oc2ccccc2)cc1.O=C(O)c1sc2ncnc3c2c1NC(=O)N3c1ccc(N2CCOCC2)cc1. The van der Waals surface area contributed by atoms with Crippen LogP contribution in [0.25, 0.3) is 40.9 Å². The zero-order valence-corrected chi connectivity index (χ0v) is 76.6. The average molecular weight is 1950 g/mol. The number of carbonyl (C=O) groups is 8. The summed E-state index contributed by atoms with van der Waals surface area (Å²) in [6.45, 7) is 13.9. The van der Waals surface area contributed by atoms with Crippen LogP contribution in [0.4, 0.5) is 99.3 Å². The van der Waals surface area contributed by atoms with E-state index in [2.05, 4.69) is 108 Å². The third-order valence-electron chi connectivity index (χ3n) is 22.5. The van der Waals surface area contributed by atoms with Crippen LogP contribution in [0.3, 0.4) is 0 Å². The Hall–Kier alpha value is -14.7. The molecule has 42 heteroatoms. The predicted octanol–water partition coefficient (Wildman–Crippen LogP) is 16.9. The number of halogens is 1. The zero-order chi connectivity index (χ0) is 92.7. The molecule has 8 aromatic heterocycles. The van der Waals surface area contributed by atoms with Crippen molar-refractivity contribution in [2.45, 2.75) is 19.9 Å². The number of ether oxygens (including phenoxy) is 5. The largest absolute Gasteiger partial charge is 0.477 e. The van der Waals surface area contributed by atoms with Crippen LogP contribution in [-0.4, -0.2) is 213 Å². The van der Waals surface area contributed by atoms with Crippen LogP contribution in [0.2, 0.25) is 0 Å². The molecule has 9 N–H and O–H groups in total. The van der Waals surface area contributed by atoms with Crippen LogP contribution in [0.1, 0.15) is 56.2 Å². The van der Waals surface area contributed by atoms with Crippen molar-refractivity contribution < 1.29 is 72.3 Å². The molecular formula is C93H81BrN22O15S4. The molecule has 15 heterocycles. The van der Waals surface area contributed by atoms with Crippen molar-refractivity contribution in [1.82, 2.24) is 60.3 Å². The second kappa shape index (κ2) is 40.0. The Kier molecular flexibility index (Phi) is 26.5.